The lowest BCUT2D eigenvalue weighted by Crippen LogP contribution is -2.47. The Balaban J connectivity index is 1.68. The van der Waals surface area contributed by atoms with E-state index in [1.54, 1.807) is 0 Å². The van der Waals surface area contributed by atoms with Crippen LogP contribution in [0.2, 0.25) is 0 Å². The quantitative estimate of drug-likeness (QED) is 0.798. The lowest BCUT2D eigenvalue weighted by Gasteiger charge is -2.34. The van der Waals surface area contributed by atoms with Crippen LogP contribution in [0.1, 0.15) is 38.5 Å². The Kier molecular flexibility index (Phi) is 4.01. The third-order valence-electron chi connectivity index (χ3n) is 4.02. The zero-order valence-electron chi connectivity index (χ0n) is 10.4. The largest absolute Gasteiger partial charge is 0.353 e. The Morgan fingerprint density at radius 2 is 1.94 bits per heavy atom. The molecule has 0 bridgehead atoms. The van der Waals surface area contributed by atoms with E-state index in [4.69, 9.17) is 5.26 Å². The summed E-state index contributed by atoms with van der Waals surface area (Å²) in [5.41, 5.74) is -0.693. The molecule has 0 aromatic heterocycles. The molecule has 94 valence electrons. The molecule has 0 radical (unpaired) electrons. The maximum atomic E-state index is 11.9. The number of piperidine rings is 1. The third-order valence-corrected chi connectivity index (χ3v) is 4.02. The van der Waals surface area contributed by atoms with Crippen LogP contribution in [0.5, 0.6) is 0 Å². The van der Waals surface area contributed by atoms with Gasteiger partial charge in [-0.3, -0.25) is 4.79 Å². The van der Waals surface area contributed by atoms with Gasteiger partial charge in [0.05, 0.1) is 6.07 Å². The second-order valence-corrected chi connectivity index (χ2v) is 5.21. The molecule has 0 aromatic rings. The number of rotatable bonds is 4. The Bertz CT molecular complexity index is 311. The van der Waals surface area contributed by atoms with E-state index < -0.39 is 5.41 Å². The summed E-state index contributed by atoms with van der Waals surface area (Å²) in [5.74, 6) is -0.0525. The van der Waals surface area contributed by atoms with Gasteiger partial charge >= 0.3 is 0 Å². The maximum absolute atomic E-state index is 11.9. The molecule has 2 rings (SSSR count). The van der Waals surface area contributed by atoms with Crippen molar-refractivity contribution < 1.29 is 4.79 Å². The highest BCUT2D eigenvalue weighted by atomic mass is 16.2. The summed E-state index contributed by atoms with van der Waals surface area (Å²) in [5, 5.41) is 12.0. The van der Waals surface area contributed by atoms with E-state index in [0.29, 0.717) is 6.54 Å². The second kappa shape index (κ2) is 5.50. The fourth-order valence-corrected chi connectivity index (χ4v) is 2.60. The van der Waals surface area contributed by atoms with Crippen LogP contribution >= 0.6 is 0 Å². The average Bonchev–Trinajstić information content (AvgIpc) is 2.30. The summed E-state index contributed by atoms with van der Waals surface area (Å²) in [6.45, 7) is 3.91. The SMILES string of the molecule is N#CC1(C(=O)NCCN2CCCCC2)CCC1. The molecule has 1 amide bonds. The number of carbonyl (C=O) groups is 1. The number of hydrogen-bond donors (Lipinski definition) is 1. The number of hydrogen-bond acceptors (Lipinski definition) is 3. The van der Waals surface area contributed by atoms with Gasteiger partial charge < -0.3 is 10.2 Å². The molecule has 4 heteroatoms. The molecule has 0 spiro atoms. The first-order valence-corrected chi connectivity index (χ1v) is 6.69. The molecule has 1 saturated heterocycles. The van der Waals surface area contributed by atoms with Crippen molar-refractivity contribution in [2.75, 3.05) is 26.2 Å². The standard InChI is InChI=1S/C13H21N3O/c14-11-13(5-4-6-13)12(17)15-7-10-16-8-2-1-3-9-16/h1-10H2,(H,15,17). The van der Waals surface area contributed by atoms with E-state index in [-0.39, 0.29) is 5.91 Å². The zero-order chi connectivity index (χ0) is 12.1. The van der Waals surface area contributed by atoms with Gasteiger partial charge in [0.2, 0.25) is 5.91 Å². The smallest absolute Gasteiger partial charge is 0.240 e. The van der Waals surface area contributed by atoms with E-state index in [0.717, 1.165) is 38.9 Å². The van der Waals surface area contributed by atoms with Crippen LogP contribution in [0.3, 0.4) is 0 Å². The average molecular weight is 235 g/mol. The molecule has 1 N–H and O–H groups in total. The second-order valence-electron chi connectivity index (χ2n) is 5.21. The first kappa shape index (κ1) is 12.4. The Labute approximate surface area is 103 Å². The van der Waals surface area contributed by atoms with Crippen LogP contribution in [0.25, 0.3) is 0 Å². The molecular formula is C13H21N3O. The molecule has 0 atom stereocenters. The van der Waals surface area contributed by atoms with Gasteiger partial charge in [0.25, 0.3) is 0 Å². The summed E-state index contributed by atoms with van der Waals surface area (Å²) in [4.78, 5) is 14.3. The minimum absolute atomic E-state index is 0.0525. The van der Waals surface area contributed by atoms with Crippen LogP contribution in [0, 0.1) is 16.7 Å². The maximum Gasteiger partial charge on any atom is 0.240 e. The monoisotopic (exact) mass is 235 g/mol. The van der Waals surface area contributed by atoms with Crippen molar-refractivity contribution in [3.05, 3.63) is 0 Å². The van der Waals surface area contributed by atoms with Crippen LogP contribution in [-0.2, 0) is 4.79 Å². The summed E-state index contributed by atoms with van der Waals surface area (Å²) in [6.07, 6.45) is 6.36. The topological polar surface area (TPSA) is 56.1 Å². The summed E-state index contributed by atoms with van der Waals surface area (Å²) in [6, 6.07) is 2.18. The van der Waals surface area contributed by atoms with Crippen LogP contribution in [0.4, 0.5) is 0 Å². The predicted octanol–water partition coefficient (Wildman–Crippen LogP) is 1.28. The molecule has 1 heterocycles. The molecule has 1 aliphatic heterocycles. The summed E-state index contributed by atoms with van der Waals surface area (Å²) < 4.78 is 0. The van der Waals surface area contributed by atoms with E-state index in [2.05, 4.69) is 16.3 Å². The van der Waals surface area contributed by atoms with Crippen LogP contribution in [-0.4, -0.2) is 37.0 Å². The minimum Gasteiger partial charge on any atom is -0.353 e. The molecule has 2 fully saturated rings. The van der Waals surface area contributed by atoms with Crippen molar-refractivity contribution in [3.63, 3.8) is 0 Å². The highest BCUT2D eigenvalue weighted by Gasteiger charge is 2.44. The molecular weight excluding hydrogens is 214 g/mol. The van der Waals surface area contributed by atoms with Gasteiger partial charge in [0.15, 0.2) is 0 Å². The molecule has 2 aliphatic rings. The van der Waals surface area contributed by atoms with Gasteiger partial charge in [-0.25, -0.2) is 0 Å². The molecule has 0 unspecified atom stereocenters. The fourth-order valence-electron chi connectivity index (χ4n) is 2.60. The predicted molar refractivity (Wildman–Crippen MR) is 65.2 cm³/mol. The number of carbonyl (C=O) groups excluding carboxylic acids is 1. The van der Waals surface area contributed by atoms with E-state index in [1.165, 1.54) is 19.3 Å². The Morgan fingerprint density at radius 1 is 1.24 bits per heavy atom. The Morgan fingerprint density at radius 3 is 2.47 bits per heavy atom. The first-order valence-electron chi connectivity index (χ1n) is 6.69. The number of nitriles is 1. The van der Waals surface area contributed by atoms with Crippen molar-refractivity contribution in [2.24, 2.45) is 5.41 Å². The summed E-state index contributed by atoms with van der Waals surface area (Å²) in [7, 11) is 0. The van der Waals surface area contributed by atoms with Crippen molar-refractivity contribution >= 4 is 5.91 Å². The molecule has 1 aliphatic carbocycles. The number of amides is 1. The third kappa shape index (κ3) is 2.78. The van der Waals surface area contributed by atoms with Crippen LogP contribution in [0.15, 0.2) is 0 Å². The van der Waals surface area contributed by atoms with E-state index in [1.807, 2.05) is 0 Å². The Hall–Kier alpha value is -1.08. The first-order chi connectivity index (χ1) is 8.27. The lowest BCUT2D eigenvalue weighted by molar-refractivity contribution is -0.131. The van der Waals surface area contributed by atoms with Gasteiger partial charge in [0.1, 0.15) is 5.41 Å². The summed E-state index contributed by atoms with van der Waals surface area (Å²) >= 11 is 0. The van der Waals surface area contributed by atoms with Crippen molar-refractivity contribution in [1.29, 1.82) is 5.26 Å². The van der Waals surface area contributed by atoms with E-state index in [9.17, 15) is 4.79 Å². The zero-order valence-corrected chi connectivity index (χ0v) is 10.4. The molecule has 4 nitrogen and oxygen atoms in total. The van der Waals surface area contributed by atoms with Gasteiger partial charge in [-0.2, -0.15) is 5.26 Å². The molecule has 17 heavy (non-hydrogen) atoms. The van der Waals surface area contributed by atoms with Gasteiger partial charge in [-0.15, -0.1) is 0 Å². The minimum atomic E-state index is -0.693. The number of nitrogens with zero attached hydrogens (tertiary/aromatic N) is 2. The lowest BCUT2D eigenvalue weighted by atomic mass is 9.69. The van der Waals surface area contributed by atoms with Gasteiger partial charge in [-0.1, -0.05) is 6.42 Å². The van der Waals surface area contributed by atoms with Crippen molar-refractivity contribution in [3.8, 4) is 6.07 Å². The van der Waals surface area contributed by atoms with Crippen molar-refractivity contribution in [2.45, 2.75) is 38.5 Å². The van der Waals surface area contributed by atoms with Gasteiger partial charge in [0, 0.05) is 13.1 Å². The molecule has 0 aromatic carbocycles. The van der Waals surface area contributed by atoms with E-state index >= 15 is 0 Å². The highest BCUT2D eigenvalue weighted by Crippen LogP contribution is 2.40. The highest BCUT2D eigenvalue weighted by molar-refractivity contribution is 5.86. The number of likely N-dealkylation sites (tertiary alicyclic amines) is 1. The fraction of sp³-hybridized carbons (Fsp3) is 0.846. The normalized spacial score (nSPS) is 23.5. The molecule has 1 saturated carbocycles. The number of nitrogens with one attached hydrogen (secondary N) is 1. The van der Waals surface area contributed by atoms with Gasteiger partial charge in [-0.05, 0) is 45.2 Å². The van der Waals surface area contributed by atoms with Crippen LogP contribution < -0.4 is 5.32 Å². The van der Waals surface area contributed by atoms with Crippen molar-refractivity contribution in [1.82, 2.24) is 10.2 Å².